The predicted molar refractivity (Wildman–Crippen MR) is 75.1 cm³/mol. The Morgan fingerprint density at radius 2 is 2.18 bits per heavy atom. The summed E-state index contributed by atoms with van der Waals surface area (Å²) in [4.78, 5) is 8.13. The highest BCUT2D eigenvalue weighted by Crippen LogP contribution is 2.19. The first-order chi connectivity index (χ1) is 8.31. The molecule has 2 aromatic rings. The largest absolute Gasteiger partial charge is 0.496 e. The average Bonchev–Trinajstić information content (AvgIpc) is 2.38. The fraction of sp³-hybridized carbons (Fsp3) is 0.167. The van der Waals surface area contributed by atoms with Gasteiger partial charge in [-0.05, 0) is 28.7 Å². The summed E-state index contributed by atoms with van der Waals surface area (Å²) in [5.41, 5.74) is 1.10. The molecule has 0 fully saturated rings. The molecule has 1 N–H and O–H groups in total. The standard InChI is InChI=1S/C12H12IN3O/c1-17-11-5-3-2-4-9(11)6-15-12-10(13)7-14-8-16-12/h2-5,7-8H,6H2,1H3,(H,14,15,16). The molecule has 0 bridgehead atoms. The molecule has 0 saturated heterocycles. The van der Waals surface area contributed by atoms with Crippen molar-refractivity contribution in [3.8, 4) is 5.75 Å². The van der Waals surface area contributed by atoms with Crippen molar-refractivity contribution in [2.75, 3.05) is 12.4 Å². The van der Waals surface area contributed by atoms with E-state index in [4.69, 9.17) is 4.74 Å². The van der Waals surface area contributed by atoms with Crippen molar-refractivity contribution in [3.05, 3.63) is 45.9 Å². The van der Waals surface area contributed by atoms with E-state index in [0.29, 0.717) is 6.54 Å². The molecule has 5 heteroatoms. The number of rotatable bonds is 4. The molecule has 1 aromatic heterocycles. The molecule has 1 aromatic carbocycles. The molecule has 0 aliphatic rings. The number of methoxy groups -OCH3 is 1. The molecule has 0 aliphatic carbocycles. The number of benzene rings is 1. The lowest BCUT2D eigenvalue weighted by molar-refractivity contribution is 0.410. The van der Waals surface area contributed by atoms with E-state index in [0.717, 1.165) is 20.7 Å². The van der Waals surface area contributed by atoms with Crippen LogP contribution >= 0.6 is 22.6 Å². The van der Waals surface area contributed by atoms with Crippen LogP contribution in [0.3, 0.4) is 0 Å². The molecule has 17 heavy (non-hydrogen) atoms. The van der Waals surface area contributed by atoms with Crippen molar-refractivity contribution in [1.82, 2.24) is 9.97 Å². The Morgan fingerprint density at radius 3 is 2.94 bits per heavy atom. The van der Waals surface area contributed by atoms with Crippen LogP contribution < -0.4 is 10.1 Å². The van der Waals surface area contributed by atoms with Crippen molar-refractivity contribution in [2.45, 2.75) is 6.54 Å². The number of nitrogens with one attached hydrogen (secondary N) is 1. The summed E-state index contributed by atoms with van der Waals surface area (Å²) in [7, 11) is 1.67. The van der Waals surface area contributed by atoms with Crippen molar-refractivity contribution in [2.24, 2.45) is 0 Å². The number of hydrogen-bond acceptors (Lipinski definition) is 4. The van der Waals surface area contributed by atoms with Gasteiger partial charge in [-0.1, -0.05) is 18.2 Å². The Morgan fingerprint density at radius 1 is 1.35 bits per heavy atom. The minimum Gasteiger partial charge on any atom is -0.496 e. The Hall–Kier alpha value is -1.37. The van der Waals surface area contributed by atoms with Crippen molar-refractivity contribution < 1.29 is 4.74 Å². The van der Waals surface area contributed by atoms with Gasteiger partial charge >= 0.3 is 0 Å². The van der Waals surface area contributed by atoms with Gasteiger partial charge in [0.15, 0.2) is 0 Å². The van der Waals surface area contributed by atoms with E-state index in [9.17, 15) is 0 Å². The molecule has 88 valence electrons. The summed E-state index contributed by atoms with van der Waals surface area (Å²) in [6.07, 6.45) is 3.31. The summed E-state index contributed by atoms with van der Waals surface area (Å²) in [6.45, 7) is 0.678. The van der Waals surface area contributed by atoms with Gasteiger partial charge in [-0.15, -0.1) is 0 Å². The highest BCUT2D eigenvalue weighted by Gasteiger charge is 2.03. The molecular formula is C12H12IN3O. The van der Waals surface area contributed by atoms with E-state index in [-0.39, 0.29) is 0 Å². The molecule has 1 heterocycles. The quantitative estimate of drug-likeness (QED) is 0.869. The van der Waals surface area contributed by atoms with Crippen LogP contribution in [-0.4, -0.2) is 17.1 Å². The first kappa shape index (κ1) is 12.1. The lowest BCUT2D eigenvalue weighted by Crippen LogP contribution is -2.04. The highest BCUT2D eigenvalue weighted by atomic mass is 127. The smallest absolute Gasteiger partial charge is 0.143 e. The van der Waals surface area contributed by atoms with Crippen LogP contribution in [0.1, 0.15) is 5.56 Å². The lowest BCUT2D eigenvalue weighted by atomic mass is 10.2. The van der Waals surface area contributed by atoms with E-state index in [2.05, 4.69) is 37.9 Å². The second kappa shape index (κ2) is 5.81. The van der Waals surface area contributed by atoms with Gasteiger partial charge in [0.1, 0.15) is 17.9 Å². The fourth-order valence-electron chi connectivity index (χ4n) is 1.47. The van der Waals surface area contributed by atoms with Crippen LogP contribution in [0.2, 0.25) is 0 Å². The number of hydrogen-bond donors (Lipinski definition) is 1. The van der Waals surface area contributed by atoms with Crippen LogP contribution in [0.15, 0.2) is 36.8 Å². The Bertz CT molecular complexity index is 505. The minimum atomic E-state index is 0.678. The van der Waals surface area contributed by atoms with E-state index in [1.54, 1.807) is 13.3 Å². The Kier molecular flexibility index (Phi) is 4.13. The third-order valence-electron chi connectivity index (χ3n) is 2.31. The molecule has 2 rings (SSSR count). The zero-order valence-corrected chi connectivity index (χ0v) is 11.5. The first-order valence-electron chi connectivity index (χ1n) is 5.12. The predicted octanol–water partition coefficient (Wildman–Crippen LogP) is 2.70. The summed E-state index contributed by atoms with van der Waals surface area (Å²) >= 11 is 2.20. The summed E-state index contributed by atoms with van der Waals surface area (Å²) < 4.78 is 6.29. The average molecular weight is 341 g/mol. The maximum Gasteiger partial charge on any atom is 0.143 e. The molecule has 0 aliphatic heterocycles. The molecule has 0 atom stereocenters. The van der Waals surface area contributed by atoms with Crippen LogP contribution in [-0.2, 0) is 6.54 Å². The maximum absolute atomic E-state index is 5.29. The fourth-order valence-corrected chi connectivity index (χ4v) is 1.96. The molecule has 0 amide bonds. The van der Waals surface area contributed by atoms with E-state index < -0.39 is 0 Å². The number of aromatic nitrogens is 2. The van der Waals surface area contributed by atoms with Gasteiger partial charge in [-0.25, -0.2) is 9.97 Å². The molecule has 4 nitrogen and oxygen atoms in total. The Labute approximate surface area is 114 Å². The molecule has 0 radical (unpaired) electrons. The third-order valence-corrected chi connectivity index (χ3v) is 3.10. The monoisotopic (exact) mass is 341 g/mol. The van der Waals surface area contributed by atoms with E-state index >= 15 is 0 Å². The van der Waals surface area contributed by atoms with E-state index in [1.165, 1.54) is 6.33 Å². The maximum atomic E-state index is 5.29. The summed E-state index contributed by atoms with van der Waals surface area (Å²) in [6, 6.07) is 7.92. The van der Waals surface area contributed by atoms with Crippen LogP contribution in [0.5, 0.6) is 5.75 Å². The molecule has 0 unspecified atom stereocenters. The highest BCUT2D eigenvalue weighted by molar-refractivity contribution is 14.1. The van der Waals surface area contributed by atoms with Crippen molar-refractivity contribution >= 4 is 28.4 Å². The van der Waals surface area contributed by atoms with Crippen molar-refractivity contribution in [1.29, 1.82) is 0 Å². The summed E-state index contributed by atoms with van der Waals surface area (Å²) in [5, 5.41) is 3.27. The van der Waals surface area contributed by atoms with Gasteiger partial charge in [0.2, 0.25) is 0 Å². The summed E-state index contributed by atoms with van der Waals surface area (Å²) in [5.74, 6) is 1.72. The van der Waals surface area contributed by atoms with Crippen molar-refractivity contribution in [3.63, 3.8) is 0 Å². The number of nitrogens with zero attached hydrogens (tertiary/aromatic N) is 2. The first-order valence-corrected chi connectivity index (χ1v) is 6.20. The number of anilines is 1. The second-order valence-corrected chi connectivity index (χ2v) is 4.55. The number of ether oxygens (including phenoxy) is 1. The van der Waals surface area contributed by atoms with Gasteiger partial charge in [-0.3, -0.25) is 0 Å². The molecule has 0 saturated carbocycles. The van der Waals surface area contributed by atoms with E-state index in [1.807, 2.05) is 24.3 Å². The Balaban J connectivity index is 2.10. The van der Waals surface area contributed by atoms with Crippen LogP contribution in [0.4, 0.5) is 5.82 Å². The van der Waals surface area contributed by atoms with Gasteiger partial charge in [0, 0.05) is 18.3 Å². The van der Waals surface area contributed by atoms with Gasteiger partial charge in [-0.2, -0.15) is 0 Å². The van der Waals surface area contributed by atoms with Crippen LogP contribution in [0.25, 0.3) is 0 Å². The second-order valence-electron chi connectivity index (χ2n) is 3.38. The zero-order valence-electron chi connectivity index (χ0n) is 9.35. The normalized spacial score (nSPS) is 10.0. The van der Waals surface area contributed by atoms with Gasteiger partial charge in [0.25, 0.3) is 0 Å². The lowest BCUT2D eigenvalue weighted by Gasteiger charge is -2.10. The zero-order chi connectivity index (χ0) is 12.1. The number of halogens is 1. The SMILES string of the molecule is COc1ccccc1CNc1ncncc1I. The molecular weight excluding hydrogens is 329 g/mol. The minimum absolute atomic E-state index is 0.678. The topological polar surface area (TPSA) is 47.0 Å². The third kappa shape index (κ3) is 3.06. The van der Waals surface area contributed by atoms with Crippen LogP contribution in [0, 0.1) is 3.57 Å². The van der Waals surface area contributed by atoms with Gasteiger partial charge in [0.05, 0.1) is 10.7 Å². The molecule has 0 spiro atoms. The number of para-hydroxylation sites is 1. The van der Waals surface area contributed by atoms with Gasteiger partial charge < -0.3 is 10.1 Å².